The highest BCUT2D eigenvalue weighted by molar-refractivity contribution is 8.14. The molecule has 0 aliphatic carbocycles. The molecule has 1 aromatic carbocycles. The van der Waals surface area contributed by atoms with Crippen LogP contribution in [0, 0.1) is 6.92 Å². The predicted octanol–water partition coefficient (Wildman–Crippen LogP) is 2.02. The first-order chi connectivity index (χ1) is 10.5. The SMILES string of the molecule is Cc1ccc(C2=N[C@@H]([C@@H]3SC[C@H](C(=O)O)N3C)CS2)c(O)c1. The van der Waals surface area contributed by atoms with Crippen molar-refractivity contribution in [2.24, 2.45) is 4.99 Å². The van der Waals surface area contributed by atoms with Gasteiger partial charge in [-0.25, -0.2) is 0 Å². The van der Waals surface area contributed by atoms with Gasteiger partial charge in [-0.1, -0.05) is 6.07 Å². The summed E-state index contributed by atoms with van der Waals surface area (Å²) in [5.74, 6) is 0.890. The predicted molar refractivity (Wildman–Crippen MR) is 91.1 cm³/mol. The molecule has 2 aliphatic heterocycles. The van der Waals surface area contributed by atoms with Gasteiger partial charge in [-0.15, -0.1) is 23.5 Å². The number of carbonyl (C=O) groups is 1. The lowest BCUT2D eigenvalue weighted by molar-refractivity contribution is -0.141. The van der Waals surface area contributed by atoms with E-state index in [9.17, 15) is 15.0 Å². The van der Waals surface area contributed by atoms with Crippen molar-refractivity contribution in [2.45, 2.75) is 24.4 Å². The van der Waals surface area contributed by atoms with Crippen molar-refractivity contribution in [3.05, 3.63) is 29.3 Å². The molecule has 5 nitrogen and oxygen atoms in total. The van der Waals surface area contributed by atoms with Crippen molar-refractivity contribution in [3.63, 3.8) is 0 Å². The summed E-state index contributed by atoms with van der Waals surface area (Å²) in [5, 5.41) is 20.2. The van der Waals surface area contributed by atoms with E-state index in [4.69, 9.17) is 4.99 Å². The van der Waals surface area contributed by atoms with Gasteiger partial charge in [0.1, 0.15) is 16.8 Å². The number of carboxylic acids is 1. The lowest BCUT2D eigenvalue weighted by Gasteiger charge is -2.24. The highest BCUT2D eigenvalue weighted by atomic mass is 32.2. The number of aliphatic carboxylic acids is 1. The lowest BCUT2D eigenvalue weighted by atomic mass is 10.1. The number of carboxylic acid groups (broad SMARTS) is 1. The zero-order valence-electron chi connectivity index (χ0n) is 12.4. The van der Waals surface area contributed by atoms with E-state index in [0.29, 0.717) is 5.75 Å². The van der Waals surface area contributed by atoms with Gasteiger partial charge in [0.2, 0.25) is 0 Å². The fourth-order valence-electron chi connectivity index (χ4n) is 2.74. The molecule has 0 bridgehead atoms. The molecule has 0 saturated carbocycles. The number of benzene rings is 1. The van der Waals surface area contributed by atoms with Crippen LogP contribution in [0.25, 0.3) is 0 Å². The van der Waals surface area contributed by atoms with Crippen LogP contribution in [0.15, 0.2) is 23.2 Å². The fraction of sp³-hybridized carbons (Fsp3) is 0.467. The van der Waals surface area contributed by atoms with E-state index >= 15 is 0 Å². The Labute approximate surface area is 137 Å². The number of phenols is 1. The van der Waals surface area contributed by atoms with Gasteiger partial charge >= 0.3 is 5.97 Å². The number of aryl methyl sites for hydroxylation is 1. The number of aromatic hydroxyl groups is 1. The third kappa shape index (κ3) is 2.85. The van der Waals surface area contributed by atoms with Crippen LogP contribution in [0.4, 0.5) is 0 Å². The minimum absolute atomic E-state index is 0.0556. The number of thioether (sulfide) groups is 2. The van der Waals surface area contributed by atoms with E-state index in [1.54, 1.807) is 29.6 Å². The molecule has 0 amide bonds. The number of nitrogens with zero attached hydrogens (tertiary/aromatic N) is 2. The minimum Gasteiger partial charge on any atom is -0.507 e. The number of hydrogen-bond acceptors (Lipinski definition) is 6. The summed E-state index contributed by atoms with van der Waals surface area (Å²) in [6.07, 6.45) is 0. The fourth-order valence-corrected chi connectivity index (χ4v) is 5.50. The van der Waals surface area contributed by atoms with Crippen LogP contribution in [0.2, 0.25) is 0 Å². The Balaban J connectivity index is 1.79. The summed E-state index contributed by atoms with van der Waals surface area (Å²) >= 11 is 3.27. The zero-order chi connectivity index (χ0) is 15.9. The summed E-state index contributed by atoms with van der Waals surface area (Å²) in [7, 11) is 1.85. The Bertz CT molecular complexity index is 635. The van der Waals surface area contributed by atoms with Gasteiger partial charge in [0.25, 0.3) is 0 Å². The Morgan fingerprint density at radius 1 is 1.41 bits per heavy atom. The molecule has 2 N–H and O–H groups in total. The summed E-state index contributed by atoms with van der Waals surface area (Å²) < 4.78 is 0. The number of hydrogen-bond donors (Lipinski definition) is 2. The Hall–Kier alpha value is -1.18. The third-order valence-electron chi connectivity index (χ3n) is 3.99. The van der Waals surface area contributed by atoms with Crippen LogP contribution >= 0.6 is 23.5 Å². The maximum absolute atomic E-state index is 11.2. The zero-order valence-corrected chi connectivity index (χ0v) is 14.0. The van der Waals surface area contributed by atoms with Crippen LogP contribution < -0.4 is 0 Å². The molecule has 2 aliphatic rings. The van der Waals surface area contributed by atoms with Gasteiger partial charge < -0.3 is 10.2 Å². The van der Waals surface area contributed by atoms with Gasteiger partial charge in [-0.3, -0.25) is 14.7 Å². The van der Waals surface area contributed by atoms with Crippen molar-refractivity contribution < 1.29 is 15.0 Å². The number of aliphatic imine (C=N–C) groups is 1. The second kappa shape index (κ2) is 6.14. The highest BCUT2D eigenvalue weighted by Crippen LogP contribution is 2.37. The normalized spacial score (nSPS) is 28.8. The van der Waals surface area contributed by atoms with Crippen LogP contribution in [-0.4, -0.2) is 62.1 Å². The summed E-state index contributed by atoms with van der Waals surface area (Å²) in [4.78, 5) is 17.8. The quantitative estimate of drug-likeness (QED) is 0.878. The van der Waals surface area contributed by atoms with E-state index in [0.717, 1.165) is 21.9 Å². The molecule has 2 heterocycles. The molecule has 0 unspecified atom stereocenters. The van der Waals surface area contributed by atoms with Crippen molar-refractivity contribution >= 4 is 34.5 Å². The van der Waals surface area contributed by atoms with Crippen LogP contribution in [0.1, 0.15) is 11.1 Å². The maximum Gasteiger partial charge on any atom is 0.321 e. The third-order valence-corrected chi connectivity index (χ3v) is 6.59. The average Bonchev–Trinajstić information content (AvgIpc) is 3.05. The van der Waals surface area contributed by atoms with Crippen molar-refractivity contribution in [1.29, 1.82) is 0 Å². The molecule has 0 spiro atoms. The van der Waals surface area contributed by atoms with Crippen LogP contribution in [0.5, 0.6) is 5.75 Å². The van der Waals surface area contributed by atoms with Crippen molar-refractivity contribution in [1.82, 2.24) is 4.90 Å². The lowest BCUT2D eigenvalue weighted by Crippen LogP contribution is -2.42. The first-order valence-electron chi connectivity index (χ1n) is 7.04. The van der Waals surface area contributed by atoms with Crippen molar-refractivity contribution in [2.75, 3.05) is 18.6 Å². The van der Waals surface area contributed by atoms with E-state index in [1.165, 1.54) is 0 Å². The monoisotopic (exact) mass is 338 g/mol. The highest BCUT2D eigenvalue weighted by Gasteiger charge is 2.41. The van der Waals surface area contributed by atoms with Gasteiger partial charge in [0.05, 0.1) is 11.4 Å². The van der Waals surface area contributed by atoms with Gasteiger partial charge in [-0.05, 0) is 31.7 Å². The standard InChI is InChI=1S/C15H18N2O3S2/c1-8-3-4-9(12(18)5-8)13-16-10(6-21-13)14-17(2)11(7-22-14)15(19)20/h3-5,10-11,14,18H,6-7H2,1-2H3,(H,19,20)/t10-,11-,14+/m1/s1. The first kappa shape index (κ1) is 15.7. The molecule has 3 atom stereocenters. The number of likely N-dealkylation sites (N-methyl/N-ethyl adjacent to an activating group) is 1. The molecule has 1 fully saturated rings. The Morgan fingerprint density at radius 3 is 2.82 bits per heavy atom. The second-order valence-corrected chi connectivity index (χ2v) is 7.73. The van der Waals surface area contributed by atoms with Gasteiger partial charge in [-0.2, -0.15) is 0 Å². The Morgan fingerprint density at radius 2 is 2.18 bits per heavy atom. The average molecular weight is 338 g/mol. The number of phenolic OH excluding ortho intramolecular Hbond substituents is 1. The van der Waals surface area contributed by atoms with Gasteiger partial charge in [0, 0.05) is 17.1 Å². The molecule has 7 heteroatoms. The smallest absolute Gasteiger partial charge is 0.321 e. The Kier molecular flexibility index (Phi) is 4.38. The maximum atomic E-state index is 11.2. The molecule has 0 radical (unpaired) electrons. The van der Waals surface area contributed by atoms with Gasteiger partial charge in [0.15, 0.2) is 0 Å². The van der Waals surface area contributed by atoms with Crippen LogP contribution in [-0.2, 0) is 4.79 Å². The summed E-state index contributed by atoms with van der Waals surface area (Å²) in [6, 6.07) is 5.21. The van der Waals surface area contributed by atoms with Crippen LogP contribution in [0.3, 0.4) is 0 Å². The molecule has 1 aromatic rings. The molecule has 22 heavy (non-hydrogen) atoms. The molecular formula is C15H18N2O3S2. The molecule has 1 saturated heterocycles. The van der Waals surface area contributed by atoms with E-state index in [2.05, 4.69) is 0 Å². The van der Waals surface area contributed by atoms with E-state index < -0.39 is 12.0 Å². The minimum atomic E-state index is -0.775. The van der Waals surface area contributed by atoms with E-state index in [1.807, 2.05) is 31.0 Å². The molecular weight excluding hydrogens is 320 g/mol. The summed E-state index contributed by atoms with van der Waals surface area (Å²) in [6.45, 7) is 1.94. The molecule has 118 valence electrons. The summed E-state index contributed by atoms with van der Waals surface area (Å²) in [5.41, 5.74) is 1.77. The van der Waals surface area contributed by atoms with Crippen molar-refractivity contribution in [3.8, 4) is 5.75 Å². The molecule has 0 aromatic heterocycles. The molecule has 3 rings (SSSR count). The topological polar surface area (TPSA) is 73.1 Å². The number of rotatable bonds is 3. The van der Waals surface area contributed by atoms with E-state index in [-0.39, 0.29) is 17.2 Å². The second-order valence-electron chi connectivity index (χ2n) is 5.58. The first-order valence-corrected chi connectivity index (χ1v) is 9.07. The largest absolute Gasteiger partial charge is 0.507 e.